The first-order chi connectivity index (χ1) is 17.2. The molecule has 0 aliphatic carbocycles. The number of nitrogens with one attached hydrogen (secondary N) is 1. The summed E-state index contributed by atoms with van der Waals surface area (Å²) in [5.41, 5.74) is 6.18. The SMILES string of the molecule is Cc1ncn(-c2ccc(Nc3ncc4cccc(-c5cccc(N6CCOCC6)c5)c4n3)cc2)n1. The van der Waals surface area contributed by atoms with Crippen molar-refractivity contribution in [1.29, 1.82) is 0 Å². The molecule has 0 saturated carbocycles. The average Bonchev–Trinajstić information content (AvgIpc) is 3.35. The lowest BCUT2D eigenvalue weighted by atomic mass is 10.0. The molecule has 35 heavy (non-hydrogen) atoms. The molecule has 0 atom stereocenters. The molecule has 0 bridgehead atoms. The van der Waals surface area contributed by atoms with Gasteiger partial charge in [0, 0.05) is 41.6 Å². The Labute approximate surface area is 203 Å². The molecule has 0 spiro atoms. The van der Waals surface area contributed by atoms with Gasteiger partial charge in [-0.2, -0.15) is 5.10 Å². The highest BCUT2D eigenvalue weighted by atomic mass is 16.5. The van der Waals surface area contributed by atoms with Crippen LogP contribution in [0.1, 0.15) is 5.82 Å². The van der Waals surface area contributed by atoms with Gasteiger partial charge in [-0.1, -0.05) is 30.3 Å². The predicted octanol–water partition coefficient (Wildman–Crippen LogP) is 4.77. The van der Waals surface area contributed by atoms with E-state index in [-0.39, 0.29) is 0 Å². The number of morpholine rings is 1. The van der Waals surface area contributed by atoms with E-state index >= 15 is 0 Å². The minimum atomic E-state index is 0.554. The van der Waals surface area contributed by atoms with Gasteiger partial charge in [0.25, 0.3) is 0 Å². The lowest BCUT2D eigenvalue weighted by molar-refractivity contribution is 0.122. The van der Waals surface area contributed by atoms with Crippen LogP contribution in [0.3, 0.4) is 0 Å². The highest BCUT2D eigenvalue weighted by molar-refractivity contribution is 5.94. The molecule has 3 aromatic carbocycles. The fraction of sp³-hybridized carbons (Fsp3) is 0.185. The smallest absolute Gasteiger partial charge is 0.227 e. The van der Waals surface area contributed by atoms with Gasteiger partial charge in [-0.15, -0.1) is 0 Å². The normalized spacial score (nSPS) is 13.8. The summed E-state index contributed by atoms with van der Waals surface area (Å²) in [6.45, 7) is 5.21. The van der Waals surface area contributed by atoms with Crippen LogP contribution < -0.4 is 10.2 Å². The third-order valence-corrected chi connectivity index (χ3v) is 6.14. The molecule has 3 heterocycles. The van der Waals surface area contributed by atoms with Crippen LogP contribution >= 0.6 is 0 Å². The summed E-state index contributed by atoms with van der Waals surface area (Å²) in [6, 6.07) is 22.8. The minimum Gasteiger partial charge on any atom is -0.378 e. The largest absolute Gasteiger partial charge is 0.378 e. The maximum atomic E-state index is 5.51. The fourth-order valence-corrected chi connectivity index (χ4v) is 4.34. The molecule has 174 valence electrons. The highest BCUT2D eigenvalue weighted by Gasteiger charge is 2.13. The quantitative estimate of drug-likeness (QED) is 0.402. The Bertz CT molecular complexity index is 1470. The molecule has 8 nitrogen and oxygen atoms in total. The lowest BCUT2D eigenvalue weighted by Gasteiger charge is -2.29. The Kier molecular flexibility index (Phi) is 5.56. The van der Waals surface area contributed by atoms with E-state index in [1.54, 1.807) is 11.0 Å². The first-order valence-electron chi connectivity index (χ1n) is 11.7. The van der Waals surface area contributed by atoms with Gasteiger partial charge in [0.05, 0.1) is 24.4 Å². The molecule has 0 amide bonds. The summed E-state index contributed by atoms with van der Waals surface area (Å²) in [5.74, 6) is 1.29. The number of anilines is 3. The van der Waals surface area contributed by atoms with Crippen LogP contribution in [0.2, 0.25) is 0 Å². The van der Waals surface area contributed by atoms with Crippen molar-refractivity contribution in [1.82, 2.24) is 24.7 Å². The Morgan fingerprint density at radius 1 is 0.886 bits per heavy atom. The molecule has 1 saturated heterocycles. The molecule has 1 aliphatic heterocycles. The zero-order valence-electron chi connectivity index (χ0n) is 19.4. The number of hydrogen-bond donors (Lipinski definition) is 1. The van der Waals surface area contributed by atoms with Gasteiger partial charge in [0.2, 0.25) is 5.95 Å². The van der Waals surface area contributed by atoms with E-state index in [1.165, 1.54) is 5.69 Å². The molecule has 1 fully saturated rings. The monoisotopic (exact) mass is 463 g/mol. The topological polar surface area (TPSA) is 81.0 Å². The van der Waals surface area contributed by atoms with E-state index in [0.717, 1.165) is 65.5 Å². The highest BCUT2D eigenvalue weighted by Crippen LogP contribution is 2.31. The maximum Gasteiger partial charge on any atom is 0.227 e. The van der Waals surface area contributed by atoms with Crippen molar-refractivity contribution in [2.24, 2.45) is 0 Å². The second-order valence-electron chi connectivity index (χ2n) is 8.49. The van der Waals surface area contributed by atoms with Crippen LogP contribution in [0.25, 0.3) is 27.7 Å². The van der Waals surface area contributed by atoms with Crippen LogP contribution in [0.15, 0.2) is 79.3 Å². The minimum absolute atomic E-state index is 0.554. The summed E-state index contributed by atoms with van der Waals surface area (Å²) in [5, 5.41) is 8.69. The number of ether oxygens (including phenoxy) is 1. The Hall–Kier alpha value is -4.30. The van der Waals surface area contributed by atoms with E-state index < -0.39 is 0 Å². The lowest BCUT2D eigenvalue weighted by Crippen LogP contribution is -2.36. The number of fused-ring (bicyclic) bond motifs is 1. The predicted molar refractivity (Wildman–Crippen MR) is 137 cm³/mol. The van der Waals surface area contributed by atoms with Crippen molar-refractivity contribution < 1.29 is 4.74 Å². The summed E-state index contributed by atoms with van der Waals surface area (Å²) in [4.78, 5) is 16.0. The fourth-order valence-electron chi connectivity index (χ4n) is 4.34. The van der Waals surface area contributed by atoms with Crippen LogP contribution in [0.4, 0.5) is 17.3 Å². The summed E-state index contributed by atoms with van der Waals surface area (Å²) in [7, 11) is 0. The molecule has 1 N–H and O–H groups in total. The Morgan fingerprint density at radius 3 is 2.51 bits per heavy atom. The Balaban J connectivity index is 1.30. The zero-order valence-corrected chi connectivity index (χ0v) is 19.4. The molecule has 0 unspecified atom stereocenters. The van der Waals surface area contributed by atoms with Crippen molar-refractivity contribution in [3.8, 4) is 16.8 Å². The number of rotatable bonds is 5. The van der Waals surface area contributed by atoms with Gasteiger partial charge in [-0.05, 0) is 48.9 Å². The van der Waals surface area contributed by atoms with Gasteiger partial charge in [-0.3, -0.25) is 0 Å². The standard InChI is InChI=1S/C27H25N7O/c1-19-29-18-34(32-19)23-10-8-22(9-11-23)30-27-28-17-21-5-3-7-25(26(21)31-27)20-4-2-6-24(16-20)33-12-14-35-15-13-33/h2-11,16-18H,12-15H2,1H3,(H,28,30,31). The van der Waals surface area contributed by atoms with E-state index in [0.29, 0.717) is 5.95 Å². The molecule has 5 aromatic rings. The average molecular weight is 464 g/mol. The molecular formula is C27H25N7O. The third kappa shape index (κ3) is 4.43. The van der Waals surface area contributed by atoms with E-state index in [2.05, 4.69) is 61.7 Å². The van der Waals surface area contributed by atoms with Crippen LogP contribution in [0.5, 0.6) is 0 Å². The molecule has 1 aliphatic rings. The molecule has 2 aromatic heterocycles. The van der Waals surface area contributed by atoms with Crippen LogP contribution in [0, 0.1) is 6.92 Å². The van der Waals surface area contributed by atoms with Crippen LogP contribution in [-0.2, 0) is 4.74 Å². The van der Waals surface area contributed by atoms with Gasteiger partial charge in [-0.25, -0.2) is 19.6 Å². The van der Waals surface area contributed by atoms with Crippen LogP contribution in [-0.4, -0.2) is 51.0 Å². The first-order valence-corrected chi connectivity index (χ1v) is 11.7. The molecule has 8 heteroatoms. The maximum absolute atomic E-state index is 5.51. The molecule has 6 rings (SSSR count). The first kappa shape index (κ1) is 21.2. The van der Waals surface area contributed by atoms with Crippen molar-refractivity contribution in [2.45, 2.75) is 6.92 Å². The second kappa shape index (κ2) is 9.15. The number of para-hydroxylation sites is 1. The van der Waals surface area contributed by atoms with Gasteiger partial charge < -0.3 is 15.0 Å². The number of aryl methyl sites for hydroxylation is 1. The number of nitrogens with zero attached hydrogens (tertiary/aromatic N) is 6. The van der Waals surface area contributed by atoms with Gasteiger partial charge >= 0.3 is 0 Å². The van der Waals surface area contributed by atoms with Crippen molar-refractivity contribution in [3.05, 3.63) is 85.1 Å². The van der Waals surface area contributed by atoms with Crippen molar-refractivity contribution in [2.75, 3.05) is 36.5 Å². The third-order valence-electron chi connectivity index (χ3n) is 6.14. The van der Waals surface area contributed by atoms with Crippen molar-refractivity contribution in [3.63, 3.8) is 0 Å². The Morgan fingerprint density at radius 2 is 1.71 bits per heavy atom. The van der Waals surface area contributed by atoms with Gasteiger partial charge in [0.15, 0.2) is 0 Å². The van der Waals surface area contributed by atoms with E-state index in [1.807, 2.05) is 43.5 Å². The number of benzene rings is 3. The second-order valence-corrected chi connectivity index (χ2v) is 8.49. The zero-order chi connectivity index (χ0) is 23.6. The van der Waals surface area contributed by atoms with Gasteiger partial charge in [0.1, 0.15) is 12.2 Å². The van der Waals surface area contributed by atoms with Crippen molar-refractivity contribution >= 4 is 28.2 Å². The van der Waals surface area contributed by atoms with E-state index in [4.69, 9.17) is 9.72 Å². The van der Waals surface area contributed by atoms with E-state index in [9.17, 15) is 0 Å². The summed E-state index contributed by atoms with van der Waals surface area (Å²) < 4.78 is 7.27. The molecule has 0 radical (unpaired) electrons. The molecular weight excluding hydrogens is 438 g/mol. The summed E-state index contributed by atoms with van der Waals surface area (Å²) in [6.07, 6.45) is 3.58. The summed E-state index contributed by atoms with van der Waals surface area (Å²) >= 11 is 0. The number of hydrogen-bond acceptors (Lipinski definition) is 7. The number of aromatic nitrogens is 5.